The number of aromatic nitrogens is 2. The Labute approximate surface area is 300 Å². The van der Waals surface area contributed by atoms with Crippen molar-refractivity contribution in [3.8, 4) is 0 Å². The molecule has 0 bridgehead atoms. The number of ether oxygens (including phenoxy) is 2. The molecule has 0 atom stereocenters. The van der Waals surface area contributed by atoms with Gasteiger partial charge in [0.15, 0.2) is 0 Å². The molecular weight excluding hydrogens is 782 g/mol. The minimum absolute atomic E-state index is 0.144. The fourth-order valence-corrected chi connectivity index (χ4v) is 7.17. The average Bonchev–Trinajstić information content (AvgIpc) is 3.73. The summed E-state index contributed by atoms with van der Waals surface area (Å²) in [5.41, 5.74) is -2.81. The van der Waals surface area contributed by atoms with E-state index < -0.39 is 22.4 Å². The number of carbonyl (C=O) groups excluding carboxylic acids is 4. The summed E-state index contributed by atoms with van der Waals surface area (Å²) >= 11 is 9.04. The topological polar surface area (TPSA) is 163 Å². The molecule has 0 spiro atoms. The standard InChI is InChI=1S/C13H19BrN2O3S.C13H20N2O3S.C4H4BrNO2/c1-12(2,3)19-11(17)16-6-4-13(18,5-7-16)10-15-8-9(14)20-10;1-12(2,3)18-11(16)15-7-4-13(17,5-8-15)10-14-6-9-19-10;5-6-3(7)1-2-4(6)8/h8,18H,4-7H2,1-3H3;6,9,17H,4-5,7-8H2,1-3H3;1-2H2. The zero-order valence-corrected chi connectivity index (χ0v) is 32.3. The van der Waals surface area contributed by atoms with Gasteiger partial charge in [0, 0.05) is 76.3 Å². The number of carbonyl (C=O) groups is 4. The summed E-state index contributed by atoms with van der Waals surface area (Å²) in [5, 5.41) is 24.5. The van der Waals surface area contributed by atoms with Gasteiger partial charge in [-0.3, -0.25) is 9.59 Å². The second-order valence-electron chi connectivity index (χ2n) is 13.4. The van der Waals surface area contributed by atoms with Crippen molar-refractivity contribution in [3.63, 3.8) is 0 Å². The Morgan fingerprint density at radius 2 is 1.23 bits per heavy atom. The van der Waals surface area contributed by atoms with Crippen molar-refractivity contribution in [1.82, 2.24) is 23.7 Å². The lowest BCUT2D eigenvalue weighted by Crippen LogP contribution is -2.46. The van der Waals surface area contributed by atoms with Crippen molar-refractivity contribution in [2.75, 3.05) is 26.2 Å². The Kier molecular flexibility index (Phi) is 13.4. The maximum atomic E-state index is 12.0. The monoisotopic (exact) mass is 823 g/mol. The number of piperidine rings is 2. The molecule has 0 aliphatic carbocycles. The van der Waals surface area contributed by atoms with Gasteiger partial charge in [0.1, 0.15) is 32.4 Å². The van der Waals surface area contributed by atoms with Crippen molar-refractivity contribution in [1.29, 1.82) is 0 Å². The van der Waals surface area contributed by atoms with Crippen LogP contribution in [0.5, 0.6) is 0 Å². The molecule has 3 aliphatic rings. The van der Waals surface area contributed by atoms with E-state index in [0.717, 1.165) is 12.7 Å². The molecule has 0 unspecified atom stereocenters. The molecule has 17 heteroatoms. The van der Waals surface area contributed by atoms with Crippen LogP contribution in [0.25, 0.3) is 0 Å². The van der Waals surface area contributed by atoms with Crippen LogP contribution in [0, 0.1) is 0 Å². The molecule has 5 heterocycles. The third-order valence-corrected chi connectivity index (χ3v) is 10.6. The second-order valence-corrected chi connectivity index (χ2v) is 17.4. The van der Waals surface area contributed by atoms with Crippen LogP contribution in [0.1, 0.15) is 90.1 Å². The number of halogens is 2. The van der Waals surface area contributed by atoms with Gasteiger partial charge in [-0.25, -0.2) is 23.5 Å². The van der Waals surface area contributed by atoms with E-state index in [4.69, 9.17) is 9.47 Å². The summed E-state index contributed by atoms with van der Waals surface area (Å²) in [6.45, 7) is 13.0. The van der Waals surface area contributed by atoms with Crippen molar-refractivity contribution in [2.24, 2.45) is 0 Å². The highest BCUT2D eigenvalue weighted by Crippen LogP contribution is 2.37. The third kappa shape index (κ3) is 11.7. The van der Waals surface area contributed by atoms with E-state index >= 15 is 0 Å². The van der Waals surface area contributed by atoms with Gasteiger partial charge in [0.2, 0.25) is 11.8 Å². The Balaban J connectivity index is 0.000000208. The highest BCUT2D eigenvalue weighted by molar-refractivity contribution is 9.11. The number of aliphatic hydroxyl groups is 2. The van der Waals surface area contributed by atoms with Crippen LogP contribution in [0.2, 0.25) is 0 Å². The second kappa shape index (κ2) is 16.0. The first-order valence-corrected chi connectivity index (χ1v) is 18.4. The molecule has 47 heavy (non-hydrogen) atoms. The average molecular weight is 826 g/mol. The van der Waals surface area contributed by atoms with Crippen molar-refractivity contribution < 1.29 is 38.9 Å². The lowest BCUT2D eigenvalue weighted by molar-refractivity contribution is -0.131. The summed E-state index contributed by atoms with van der Waals surface area (Å²) in [4.78, 5) is 56.5. The lowest BCUT2D eigenvalue weighted by Gasteiger charge is -2.37. The molecule has 2 aromatic rings. The zero-order valence-electron chi connectivity index (χ0n) is 27.5. The maximum absolute atomic E-state index is 12.0. The zero-order chi connectivity index (χ0) is 35.2. The minimum Gasteiger partial charge on any atom is -0.444 e. The molecule has 3 aliphatic heterocycles. The van der Waals surface area contributed by atoms with Crippen molar-refractivity contribution >= 4 is 78.8 Å². The van der Waals surface area contributed by atoms with Gasteiger partial charge in [-0.2, -0.15) is 0 Å². The summed E-state index contributed by atoms with van der Waals surface area (Å²) in [6.07, 6.45) is 5.41. The van der Waals surface area contributed by atoms with E-state index in [0.29, 0.717) is 69.7 Å². The maximum Gasteiger partial charge on any atom is 0.410 e. The van der Waals surface area contributed by atoms with Gasteiger partial charge in [0.05, 0.1) is 26.1 Å². The Bertz CT molecular complexity index is 1360. The van der Waals surface area contributed by atoms with Gasteiger partial charge in [-0.15, -0.1) is 22.7 Å². The predicted molar refractivity (Wildman–Crippen MR) is 184 cm³/mol. The number of thiazole rings is 2. The quantitative estimate of drug-likeness (QED) is 0.274. The van der Waals surface area contributed by atoms with Gasteiger partial charge in [-0.05, 0) is 57.5 Å². The summed E-state index contributed by atoms with van der Waals surface area (Å²) in [7, 11) is 0. The number of amides is 4. The third-order valence-electron chi connectivity index (χ3n) is 7.18. The molecule has 0 saturated carbocycles. The number of imide groups is 1. The molecule has 2 N–H and O–H groups in total. The number of rotatable bonds is 2. The van der Waals surface area contributed by atoms with E-state index in [9.17, 15) is 29.4 Å². The normalized spacial score (nSPS) is 19.3. The van der Waals surface area contributed by atoms with Gasteiger partial charge >= 0.3 is 12.2 Å². The Morgan fingerprint density at radius 3 is 1.53 bits per heavy atom. The van der Waals surface area contributed by atoms with Gasteiger partial charge in [0.25, 0.3) is 0 Å². The Hall–Kier alpha value is -2.18. The van der Waals surface area contributed by atoms with E-state index in [1.54, 1.807) is 22.2 Å². The molecule has 3 fully saturated rings. The highest BCUT2D eigenvalue weighted by atomic mass is 79.9. The number of hydrogen-bond donors (Lipinski definition) is 2. The number of likely N-dealkylation sites (tertiary alicyclic amines) is 2. The summed E-state index contributed by atoms with van der Waals surface area (Å²) in [6, 6.07) is 0. The molecule has 3 saturated heterocycles. The Morgan fingerprint density at radius 1 is 0.809 bits per heavy atom. The first-order valence-electron chi connectivity index (χ1n) is 15.2. The molecule has 2 aromatic heterocycles. The SMILES string of the molecule is CC(C)(C)OC(=O)N1CCC(O)(c2ncc(Br)s2)CC1.CC(C)(C)OC(=O)N1CCC(O)(c2nccs2)CC1.O=C1CCC(=O)N1Br. The highest BCUT2D eigenvalue weighted by Gasteiger charge is 2.40. The van der Waals surface area contributed by atoms with E-state index in [-0.39, 0.29) is 24.0 Å². The molecule has 5 rings (SSSR count). The predicted octanol–water partition coefficient (Wildman–Crippen LogP) is 5.93. The van der Waals surface area contributed by atoms with Crippen LogP contribution in [-0.2, 0) is 30.3 Å². The van der Waals surface area contributed by atoms with Crippen LogP contribution >= 0.6 is 54.8 Å². The van der Waals surface area contributed by atoms with Crippen LogP contribution in [-0.4, -0.2) is 95.3 Å². The molecule has 262 valence electrons. The largest absolute Gasteiger partial charge is 0.444 e. The lowest BCUT2D eigenvalue weighted by atomic mass is 9.92. The molecule has 0 radical (unpaired) electrons. The number of hydrogen-bond acceptors (Lipinski definition) is 12. The van der Waals surface area contributed by atoms with Crippen molar-refractivity contribution in [3.05, 3.63) is 31.6 Å². The van der Waals surface area contributed by atoms with Gasteiger partial charge in [-0.1, -0.05) is 0 Å². The van der Waals surface area contributed by atoms with Crippen LogP contribution in [0.15, 0.2) is 21.6 Å². The van der Waals surface area contributed by atoms with Crippen LogP contribution in [0.4, 0.5) is 9.59 Å². The molecule has 0 aromatic carbocycles. The fraction of sp³-hybridized carbons (Fsp3) is 0.667. The first-order chi connectivity index (χ1) is 21.7. The van der Waals surface area contributed by atoms with E-state index in [1.807, 2.05) is 46.9 Å². The number of nitrogens with zero attached hydrogens (tertiary/aromatic N) is 5. The molecule has 4 amide bonds. The fourth-order valence-electron chi connectivity index (χ4n) is 4.67. The summed E-state index contributed by atoms with van der Waals surface area (Å²) in [5.74, 6) is -0.287. The molecule has 13 nitrogen and oxygen atoms in total. The van der Waals surface area contributed by atoms with E-state index in [2.05, 4.69) is 42.0 Å². The molecular formula is C30H43Br2N5O8S2. The summed E-state index contributed by atoms with van der Waals surface area (Å²) < 4.78 is 12.5. The first kappa shape index (κ1) is 39.3. The minimum atomic E-state index is -0.935. The van der Waals surface area contributed by atoms with E-state index in [1.165, 1.54) is 22.7 Å². The van der Waals surface area contributed by atoms with Crippen molar-refractivity contribution in [2.45, 2.75) is 102 Å². The van der Waals surface area contributed by atoms with Gasteiger partial charge < -0.3 is 29.5 Å². The van der Waals surface area contributed by atoms with Crippen LogP contribution in [0.3, 0.4) is 0 Å². The smallest absolute Gasteiger partial charge is 0.410 e. The van der Waals surface area contributed by atoms with Crippen LogP contribution < -0.4 is 0 Å².